The van der Waals surface area contributed by atoms with Crippen LogP contribution in [0, 0.1) is 0 Å². The van der Waals surface area contributed by atoms with E-state index in [0.717, 1.165) is 4.90 Å². The average molecular weight is 473 g/mol. The maximum Gasteiger partial charge on any atom is 0.261 e. The Morgan fingerprint density at radius 2 is 1.46 bits per heavy atom. The predicted molar refractivity (Wildman–Crippen MR) is 129 cm³/mol. The summed E-state index contributed by atoms with van der Waals surface area (Å²) in [4.78, 5) is 51.2. The molecule has 35 heavy (non-hydrogen) atoms. The van der Waals surface area contributed by atoms with Crippen LogP contribution < -0.4 is 20.1 Å². The summed E-state index contributed by atoms with van der Waals surface area (Å²) in [7, 11) is 2.90. The van der Waals surface area contributed by atoms with E-state index in [1.54, 1.807) is 60.7 Å². The molecule has 0 aliphatic carbocycles. The Morgan fingerprint density at radius 1 is 0.829 bits per heavy atom. The lowest BCUT2D eigenvalue weighted by atomic mass is 10.1. The Kier molecular flexibility index (Phi) is 6.50. The largest absolute Gasteiger partial charge is 0.496 e. The molecule has 1 aliphatic rings. The van der Waals surface area contributed by atoms with E-state index < -0.39 is 5.91 Å². The topological polar surface area (TPSA) is 114 Å². The molecule has 0 saturated carbocycles. The number of rotatable bonds is 7. The second-order valence-electron chi connectivity index (χ2n) is 7.83. The van der Waals surface area contributed by atoms with Crippen molar-refractivity contribution >= 4 is 35.0 Å². The van der Waals surface area contributed by atoms with Gasteiger partial charge in [-0.2, -0.15) is 0 Å². The first-order chi connectivity index (χ1) is 16.8. The monoisotopic (exact) mass is 473 g/mol. The van der Waals surface area contributed by atoms with E-state index in [2.05, 4.69) is 10.6 Å². The molecular weight excluding hydrogens is 450 g/mol. The first-order valence-corrected chi connectivity index (χ1v) is 10.7. The van der Waals surface area contributed by atoms with Crippen molar-refractivity contribution in [3.05, 3.63) is 82.9 Å². The van der Waals surface area contributed by atoms with E-state index in [1.165, 1.54) is 21.1 Å². The van der Waals surface area contributed by atoms with Crippen LogP contribution in [0.15, 0.2) is 60.7 Å². The van der Waals surface area contributed by atoms with Crippen LogP contribution in [0.3, 0.4) is 0 Å². The van der Waals surface area contributed by atoms with Crippen molar-refractivity contribution in [3.63, 3.8) is 0 Å². The quantitative estimate of drug-likeness (QED) is 0.506. The molecule has 0 fully saturated rings. The molecule has 1 aliphatic heterocycles. The van der Waals surface area contributed by atoms with Crippen molar-refractivity contribution in [2.75, 3.05) is 24.9 Å². The van der Waals surface area contributed by atoms with Crippen molar-refractivity contribution in [3.8, 4) is 11.5 Å². The molecule has 178 valence electrons. The van der Waals surface area contributed by atoms with Gasteiger partial charge >= 0.3 is 0 Å². The molecule has 0 unspecified atom stereocenters. The van der Waals surface area contributed by atoms with Gasteiger partial charge in [0.25, 0.3) is 17.7 Å². The third-order valence-corrected chi connectivity index (χ3v) is 5.50. The summed E-state index contributed by atoms with van der Waals surface area (Å²) in [6.07, 6.45) is 0. The minimum atomic E-state index is -0.496. The normalized spacial score (nSPS) is 12.3. The van der Waals surface area contributed by atoms with Crippen LogP contribution in [0.25, 0.3) is 0 Å². The third-order valence-electron chi connectivity index (χ3n) is 5.50. The molecule has 0 bridgehead atoms. The Morgan fingerprint density at radius 3 is 2.06 bits per heavy atom. The molecule has 2 N–H and O–H groups in total. The number of imide groups is 1. The first kappa shape index (κ1) is 23.5. The van der Waals surface area contributed by atoms with Crippen LogP contribution in [-0.2, 0) is 11.3 Å². The number of hydrogen-bond acceptors (Lipinski definition) is 6. The van der Waals surface area contributed by atoms with Crippen LogP contribution >= 0.6 is 0 Å². The molecule has 9 heteroatoms. The molecule has 4 amide bonds. The molecule has 4 rings (SSSR count). The highest BCUT2D eigenvalue weighted by Crippen LogP contribution is 2.30. The summed E-state index contributed by atoms with van der Waals surface area (Å²) in [6.45, 7) is 1.38. The van der Waals surface area contributed by atoms with Crippen LogP contribution in [0.4, 0.5) is 11.4 Å². The summed E-state index contributed by atoms with van der Waals surface area (Å²) in [5.41, 5.74) is 2.32. The molecular formula is C26H23N3O6. The number of carbonyl (C=O) groups is 4. The zero-order valence-electron chi connectivity index (χ0n) is 19.4. The first-order valence-electron chi connectivity index (χ1n) is 10.7. The number of ether oxygens (including phenoxy) is 2. The third kappa shape index (κ3) is 4.70. The van der Waals surface area contributed by atoms with Crippen molar-refractivity contribution in [1.82, 2.24) is 4.90 Å². The standard InChI is InChI=1S/C26H23N3O6/c1-15(30)27-17-9-11-23(35-3)21(13-17)28-24(31)20-12-16(8-10-22(20)34-2)14-29-25(32)18-6-4-5-7-19(18)26(29)33/h4-13H,14H2,1-3H3,(H,27,30)(H,28,31). The second kappa shape index (κ2) is 9.68. The highest BCUT2D eigenvalue weighted by atomic mass is 16.5. The Labute approximate surface area is 201 Å². The number of carbonyl (C=O) groups excluding carboxylic acids is 4. The number of benzene rings is 3. The smallest absolute Gasteiger partial charge is 0.261 e. The predicted octanol–water partition coefficient (Wildman–Crippen LogP) is 3.71. The van der Waals surface area contributed by atoms with E-state index in [0.29, 0.717) is 39.6 Å². The maximum atomic E-state index is 13.2. The van der Waals surface area contributed by atoms with E-state index in [-0.39, 0.29) is 29.8 Å². The van der Waals surface area contributed by atoms with E-state index in [9.17, 15) is 19.2 Å². The van der Waals surface area contributed by atoms with Gasteiger partial charge in [0.2, 0.25) is 5.91 Å². The molecule has 0 aromatic heterocycles. The SMILES string of the molecule is COc1ccc(NC(C)=O)cc1NC(=O)c1cc(CN2C(=O)c3ccccc3C2=O)ccc1OC. The molecule has 9 nitrogen and oxygen atoms in total. The number of amides is 4. The zero-order valence-corrected chi connectivity index (χ0v) is 19.4. The second-order valence-corrected chi connectivity index (χ2v) is 7.83. The van der Waals surface area contributed by atoms with Crippen molar-refractivity contribution < 1.29 is 28.7 Å². The summed E-state index contributed by atoms with van der Waals surface area (Å²) >= 11 is 0. The molecule has 3 aromatic rings. The molecule has 0 spiro atoms. The van der Waals surface area contributed by atoms with Crippen LogP contribution in [0.2, 0.25) is 0 Å². The van der Waals surface area contributed by atoms with Gasteiger partial charge in [0, 0.05) is 12.6 Å². The van der Waals surface area contributed by atoms with Crippen LogP contribution in [0.5, 0.6) is 11.5 Å². The van der Waals surface area contributed by atoms with Crippen molar-refractivity contribution in [2.24, 2.45) is 0 Å². The Bertz CT molecular complexity index is 1320. The summed E-state index contributed by atoms with van der Waals surface area (Å²) < 4.78 is 10.7. The van der Waals surface area contributed by atoms with Gasteiger partial charge in [0.1, 0.15) is 11.5 Å². The minimum Gasteiger partial charge on any atom is -0.496 e. The lowest BCUT2D eigenvalue weighted by Gasteiger charge is -2.17. The highest BCUT2D eigenvalue weighted by Gasteiger charge is 2.35. The molecule has 1 heterocycles. The maximum absolute atomic E-state index is 13.2. The van der Waals surface area contributed by atoms with Gasteiger partial charge in [-0.25, -0.2) is 0 Å². The minimum absolute atomic E-state index is 0.00203. The van der Waals surface area contributed by atoms with Gasteiger partial charge in [-0.05, 0) is 48.0 Å². The Hall–Kier alpha value is -4.66. The van der Waals surface area contributed by atoms with Crippen molar-refractivity contribution in [1.29, 1.82) is 0 Å². The Balaban J connectivity index is 1.60. The average Bonchev–Trinajstić information content (AvgIpc) is 3.09. The number of nitrogens with one attached hydrogen (secondary N) is 2. The number of fused-ring (bicyclic) bond motifs is 1. The van der Waals surface area contributed by atoms with Gasteiger partial charge in [-0.3, -0.25) is 24.1 Å². The number of methoxy groups -OCH3 is 2. The fourth-order valence-corrected chi connectivity index (χ4v) is 3.87. The molecule has 0 atom stereocenters. The van der Waals surface area contributed by atoms with Gasteiger partial charge in [-0.1, -0.05) is 18.2 Å². The highest BCUT2D eigenvalue weighted by molar-refractivity contribution is 6.21. The lowest BCUT2D eigenvalue weighted by molar-refractivity contribution is -0.114. The summed E-state index contributed by atoms with van der Waals surface area (Å²) in [6, 6.07) is 16.4. The van der Waals surface area contributed by atoms with Gasteiger partial charge < -0.3 is 20.1 Å². The number of hydrogen-bond donors (Lipinski definition) is 2. The van der Waals surface area contributed by atoms with Gasteiger partial charge in [-0.15, -0.1) is 0 Å². The zero-order chi connectivity index (χ0) is 25.1. The number of nitrogens with zero attached hydrogens (tertiary/aromatic N) is 1. The van der Waals surface area contributed by atoms with Gasteiger partial charge in [0.05, 0.1) is 43.1 Å². The molecule has 0 radical (unpaired) electrons. The van der Waals surface area contributed by atoms with E-state index in [1.807, 2.05) is 0 Å². The van der Waals surface area contributed by atoms with Crippen molar-refractivity contribution in [2.45, 2.75) is 13.5 Å². The van der Waals surface area contributed by atoms with Crippen LogP contribution in [-0.4, -0.2) is 42.7 Å². The summed E-state index contributed by atoms with van der Waals surface area (Å²) in [5.74, 6) is -0.808. The van der Waals surface area contributed by atoms with Gasteiger partial charge in [0.15, 0.2) is 0 Å². The lowest BCUT2D eigenvalue weighted by Crippen LogP contribution is -2.29. The number of anilines is 2. The molecule has 3 aromatic carbocycles. The fraction of sp³-hybridized carbons (Fsp3) is 0.154. The van der Waals surface area contributed by atoms with Crippen LogP contribution in [0.1, 0.15) is 43.6 Å². The fourth-order valence-electron chi connectivity index (χ4n) is 3.87. The molecule has 0 saturated heterocycles. The van der Waals surface area contributed by atoms with E-state index >= 15 is 0 Å². The summed E-state index contributed by atoms with van der Waals surface area (Å²) in [5, 5.41) is 5.43. The van der Waals surface area contributed by atoms with E-state index in [4.69, 9.17) is 9.47 Å².